The molecule has 28 N–H and O–H groups in total. The summed E-state index contributed by atoms with van der Waals surface area (Å²) in [5.74, 6) is -18.8. The highest BCUT2D eigenvalue weighted by molar-refractivity contribution is 14.1. The molecule has 43 nitrogen and oxygen atoms in total. The van der Waals surface area contributed by atoms with Gasteiger partial charge in [0.1, 0.15) is 84.0 Å². The lowest BCUT2D eigenvalue weighted by Gasteiger charge is -2.31. The first-order valence-corrected chi connectivity index (χ1v) is 39.0. The van der Waals surface area contributed by atoms with Crippen molar-refractivity contribution in [3.8, 4) is 11.5 Å². The summed E-state index contributed by atoms with van der Waals surface area (Å²) in [7, 11) is 1.60. The number of aliphatic carboxylic acids is 1. The van der Waals surface area contributed by atoms with Crippen LogP contribution in [-0.4, -0.2) is 257 Å². The van der Waals surface area contributed by atoms with E-state index < -0.39 is 236 Å². The van der Waals surface area contributed by atoms with Crippen LogP contribution in [-0.2, 0) is 97.7 Å². The Balaban J connectivity index is 1.56. The summed E-state index contributed by atoms with van der Waals surface area (Å²) in [6, 6.07) is -12.3. The number of carbonyl (C=O) groups excluding carboxylic acids is 15. The molecule has 3 aliphatic rings. The second-order valence-corrected chi connectivity index (χ2v) is 30.2. The van der Waals surface area contributed by atoms with Gasteiger partial charge in [-0.15, -0.1) is 5.10 Å². The molecule has 13 atom stereocenters. The highest BCUT2D eigenvalue weighted by atomic mass is 127. The summed E-state index contributed by atoms with van der Waals surface area (Å²) in [5, 5.41) is 90.3. The predicted octanol–water partition coefficient (Wildman–Crippen LogP) is -7.89. The van der Waals surface area contributed by atoms with E-state index >= 15 is 19.2 Å². The SMILES string of the molecule is C[C@@H](O)[C@@H]1NC(=O)[C@@H]2Cc3cn(nn3)CCC[C@H](C(=O)N[C@@H](Cc3ccc(O)cc3)C(N)=O)NC(=O)[C@H](CCC(N)=O)NC(=O)C(Cc3ccc(O)c(I)c3)NC(=O)[C@H](CCCNC(N)=O)NC(=O)[C@H](CSSCC(NC(=O)CN)C(=O)N2)NC(=O)[C@H](CCCNC(=N)N)NC(=O)[C@@H]2CCCN2C(=O)[C@H](CC(=O)O)NC1=O. The first-order valence-electron chi connectivity index (χ1n) is 35.4. The van der Waals surface area contributed by atoms with E-state index in [2.05, 4.69) is 79.4 Å². The molecule has 2 unspecified atom stereocenters. The second kappa shape index (κ2) is 44.2. The van der Waals surface area contributed by atoms with Crippen molar-refractivity contribution in [1.82, 2.24) is 89.0 Å². The molecular weight excluding hydrogens is 1630 g/mol. The van der Waals surface area contributed by atoms with Gasteiger partial charge in [-0.05, 0) is 123 Å². The number of phenolic OH excluding ortho intramolecular Hbond substituents is 2. The average Bonchev–Trinajstić information content (AvgIpc) is 1.62. The fraction of sp³-hybridized carbons (Fsp3) is 0.530. The van der Waals surface area contributed by atoms with E-state index in [4.69, 9.17) is 34.1 Å². The van der Waals surface area contributed by atoms with Crippen LogP contribution in [0.2, 0.25) is 0 Å². The molecule has 0 radical (unpaired) electrons. The lowest BCUT2D eigenvalue weighted by molar-refractivity contribution is -0.146. The fourth-order valence-corrected chi connectivity index (χ4v) is 14.8. The minimum atomic E-state index is -2.05. The summed E-state index contributed by atoms with van der Waals surface area (Å²) in [4.78, 5) is 227. The van der Waals surface area contributed by atoms with Gasteiger partial charge in [0.25, 0.3) is 0 Å². The quantitative estimate of drug-likeness (QED) is 0.0138. The van der Waals surface area contributed by atoms with Crippen molar-refractivity contribution in [2.24, 2.45) is 28.7 Å². The van der Waals surface area contributed by atoms with Crippen LogP contribution in [0, 0.1) is 8.98 Å². The van der Waals surface area contributed by atoms with Gasteiger partial charge in [0.05, 0.1) is 28.3 Å². The molecule has 4 heterocycles. The van der Waals surface area contributed by atoms with Crippen LogP contribution in [0.4, 0.5) is 4.79 Å². The van der Waals surface area contributed by atoms with Crippen LogP contribution in [0.1, 0.15) is 94.4 Å². The number of aliphatic hydroxyl groups excluding tert-OH is 1. The summed E-state index contributed by atoms with van der Waals surface area (Å²) >= 11 is 1.80. The number of phenols is 2. The van der Waals surface area contributed by atoms with Crippen molar-refractivity contribution in [1.29, 1.82) is 5.41 Å². The zero-order valence-electron chi connectivity index (χ0n) is 60.7. The van der Waals surface area contributed by atoms with Crippen molar-refractivity contribution in [3.63, 3.8) is 0 Å². The number of nitrogens with one attached hydrogen (secondary N) is 14. The van der Waals surface area contributed by atoms with Gasteiger partial charge in [-0.25, -0.2) is 4.79 Å². The first-order chi connectivity index (χ1) is 53.1. The minimum Gasteiger partial charge on any atom is -0.508 e. The Hall–Kier alpha value is -10.9. The molecule has 2 aromatic carbocycles. The van der Waals surface area contributed by atoms with Crippen LogP contribution in [0.3, 0.4) is 0 Å². The summed E-state index contributed by atoms with van der Waals surface area (Å²) in [6.45, 7) is -0.324. The zero-order valence-corrected chi connectivity index (χ0v) is 64.5. The van der Waals surface area contributed by atoms with Crippen LogP contribution >= 0.6 is 44.2 Å². The summed E-state index contributed by atoms with van der Waals surface area (Å²) in [5.41, 5.74) is 28.6. The number of benzene rings is 2. The molecule has 0 saturated carbocycles. The third-order valence-electron chi connectivity index (χ3n) is 17.7. The van der Waals surface area contributed by atoms with E-state index in [0.29, 0.717) is 5.56 Å². The molecule has 3 aromatic rings. The van der Waals surface area contributed by atoms with Gasteiger partial charge in [-0.3, -0.25) is 82.0 Å². The molecule has 4 bridgehead atoms. The van der Waals surface area contributed by atoms with Crippen molar-refractivity contribution >= 4 is 145 Å². The van der Waals surface area contributed by atoms with Crippen LogP contribution in [0.5, 0.6) is 11.5 Å². The van der Waals surface area contributed by atoms with Gasteiger partial charge < -0.3 is 123 Å². The number of nitrogens with zero attached hydrogens (tertiary/aromatic N) is 4. The largest absolute Gasteiger partial charge is 0.508 e. The fourth-order valence-electron chi connectivity index (χ4n) is 11.9. The predicted molar refractivity (Wildman–Crippen MR) is 407 cm³/mol. The number of aromatic hydroxyl groups is 2. The van der Waals surface area contributed by atoms with Gasteiger partial charge in [-0.2, -0.15) is 0 Å². The van der Waals surface area contributed by atoms with Gasteiger partial charge >= 0.3 is 12.0 Å². The van der Waals surface area contributed by atoms with E-state index in [1.165, 1.54) is 53.3 Å². The molecule has 0 spiro atoms. The Morgan fingerprint density at radius 2 is 1.25 bits per heavy atom. The number of urea groups is 1. The number of hydrogen-bond donors (Lipinski definition) is 23. The zero-order chi connectivity index (χ0) is 82.5. The Morgan fingerprint density at radius 3 is 1.88 bits per heavy atom. The Bertz CT molecular complexity index is 3940. The molecular formula is C66H94IN23O20S2. The van der Waals surface area contributed by atoms with Crippen molar-refractivity contribution < 1.29 is 97.1 Å². The lowest BCUT2D eigenvalue weighted by Crippen LogP contribution is -2.62. The number of carbonyl (C=O) groups is 16. The van der Waals surface area contributed by atoms with E-state index in [1.807, 2.05) is 0 Å². The van der Waals surface area contributed by atoms with Gasteiger partial charge in [0.2, 0.25) is 82.7 Å². The molecule has 2 fully saturated rings. The molecule has 46 heteroatoms. The van der Waals surface area contributed by atoms with Crippen molar-refractivity contribution in [2.75, 3.05) is 37.7 Å². The first kappa shape index (κ1) is 90.0. The van der Waals surface area contributed by atoms with E-state index in [-0.39, 0.29) is 104 Å². The number of nitrogens with two attached hydrogens (primary N) is 5. The molecule has 0 aliphatic carbocycles. The molecule has 2 saturated heterocycles. The third kappa shape index (κ3) is 29.1. The standard InChI is InChI=1S/C66H94IN23O20S2/c1-31(91)52-63(108)84-44(26-51(96)97)64(109)90-21-5-9-47(90)62(107)80-38(6-2-18-74-65(71)72)56(101)85-46-30-112-111-29-45(76-50(95)27-68)60(105)83-43(59(104)86-52)25-34-28-89(88-87-34)20-4-8-39(54(99)81-41(53(70)98)23-32-10-13-35(92)14-11-32)77-57(102)40(15-17-49(69)94)79-58(103)42(24-33-12-16-48(93)36(67)22-33)82-55(100)37(78-61(46)106)7-3-19-75-66(73)110/h10-14,16,22,28,31,37-47,52,91-93H,2-9,15,17-21,23-27,29-30,68H2,1H3,(H2,69,94)(H2,70,98)(H,76,95)(H,77,102)(H,78,106)(H,79,103)(H,80,107)(H,81,99)(H,82,100)(H,83,105)(H,84,108)(H,85,101)(H,86,104)(H,96,97)(H4,71,72,74)(H3,73,75,110)/t31-,37+,38+,39-,40+,41+,42?,43+,44+,45?,46+,47+,52+/m1/s1. The Morgan fingerprint density at radius 1 is 0.670 bits per heavy atom. The number of guanidine groups is 1. The molecule has 3 aliphatic heterocycles. The highest BCUT2D eigenvalue weighted by Crippen LogP contribution is 2.26. The van der Waals surface area contributed by atoms with Crippen molar-refractivity contribution in [2.45, 2.75) is 182 Å². The van der Waals surface area contributed by atoms with E-state index in [9.17, 15) is 78.0 Å². The van der Waals surface area contributed by atoms with Crippen LogP contribution < -0.4 is 97.8 Å². The molecule has 612 valence electrons. The average molecular weight is 1720 g/mol. The van der Waals surface area contributed by atoms with Crippen molar-refractivity contribution in [3.05, 3.63) is 69.1 Å². The number of carboxylic acid groups (broad SMARTS) is 1. The number of carboxylic acids is 1. The number of aliphatic hydroxyl groups is 1. The topological polar surface area (TPSA) is 698 Å². The van der Waals surface area contributed by atoms with Gasteiger partial charge in [-0.1, -0.05) is 45.0 Å². The number of halogens is 1. The van der Waals surface area contributed by atoms with Crippen LogP contribution in [0.25, 0.3) is 0 Å². The maximum atomic E-state index is 15.3. The molecule has 16 amide bonds. The highest BCUT2D eigenvalue weighted by Gasteiger charge is 2.43. The number of rotatable bonds is 23. The smallest absolute Gasteiger partial charge is 0.312 e. The minimum absolute atomic E-state index is 0.0318. The summed E-state index contributed by atoms with van der Waals surface area (Å²) in [6.07, 6.45) is -5.44. The Labute approximate surface area is 661 Å². The molecule has 112 heavy (non-hydrogen) atoms. The number of hydrogen-bond acceptors (Lipinski definition) is 25. The summed E-state index contributed by atoms with van der Waals surface area (Å²) < 4.78 is 1.48. The van der Waals surface area contributed by atoms with E-state index in [0.717, 1.165) is 33.4 Å². The van der Waals surface area contributed by atoms with E-state index in [1.54, 1.807) is 22.6 Å². The third-order valence-corrected chi connectivity index (χ3v) is 21.0. The maximum Gasteiger partial charge on any atom is 0.312 e. The maximum absolute atomic E-state index is 15.3. The molecule has 6 rings (SSSR count). The number of aromatic nitrogens is 3. The molecule has 1 aromatic heterocycles. The normalized spacial score (nSPS) is 23.8. The number of aryl methyl sites for hydroxylation is 1. The second-order valence-electron chi connectivity index (χ2n) is 26.5. The monoisotopic (exact) mass is 1720 g/mol. The number of fused-ring (bicyclic) bond motifs is 11. The lowest BCUT2D eigenvalue weighted by atomic mass is 10.0. The van der Waals surface area contributed by atoms with Gasteiger partial charge in [0, 0.05) is 69.6 Å². The van der Waals surface area contributed by atoms with Gasteiger partial charge in [0.15, 0.2) is 5.96 Å². The van der Waals surface area contributed by atoms with Crippen LogP contribution in [0.15, 0.2) is 48.7 Å². The number of amides is 16. The Kier molecular flexibility index (Phi) is 35.5. The number of primary amides is 3.